The van der Waals surface area contributed by atoms with E-state index >= 15 is 0 Å². The van der Waals surface area contributed by atoms with E-state index in [-0.39, 0.29) is 6.03 Å². The summed E-state index contributed by atoms with van der Waals surface area (Å²) >= 11 is 0. The number of benzene rings is 5. The number of nitrogens with zero attached hydrogens (tertiary/aromatic N) is 3. The highest BCUT2D eigenvalue weighted by Gasteiger charge is 2.50. The molecule has 0 radical (unpaired) electrons. The third-order valence-electron chi connectivity index (χ3n) is 10.6. The van der Waals surface area contributed by atoms with Crippen molar-refractivity contribution in [2.45, 2.75) is 43.9 Å². The SMILES string of the molecule is CC1(C)C(C(=O)C=O)N(c2ccc(C(c3ccccc3)(c3ccccc3)c3ccccc3)cc2)CN1Cc1ccncc1NC(=O)NCc1ccccc1. The smallest absolute Gasteiger partial charge is 0.319 e. The number of anilines is 2. The fraction of sp³-hybridized carbons (Fsp3) is 0.174. The molecule has 7 rings (SSSR count). The number of Topliss-reactive ketones (excluding diaryl/α,β-unsaturated/α-hetero) is 1. The minimum absolute atomic E-state index is 0.345. The summed E-state index contributed by atoms with van der Waals surface area (Å²) in [5, 5.41) is 5.86. The minimum Gasteiger partial charge on any atom is -0.346 e. The number of carbonyl (C=O) groups is 3. The van der Waals surface area contributed by atoms with Crippen LogP contribution in [0.1, 0.15) is 47.2 Å². The van der Waals surface area contributed by atoms with Crippen LogP contribution in [0.3, 0.4) is 0 Å². The summed E-state index contributed by atoms with van der Waals surface area (Å²) in [7, 11) is 0. The van der Waals surface area contributed by atoms with Crippen molar-refractivity contribution in [1.29, 1.82) is 0 Å². The molecule has 0 bridgehead atoms. The molecule has 1 aromatic heterocycles. The summed E-state index contributed by atoms with van der Waals surface area (Å²) in [5.41, 5.74) is 6.33. The average molecular weight is 714 g/mol. The fourth-order valence-electron chi connectivity index (χ4n) is 7.84. The van der Waals surface area contributed by atoms with Gasteiger partial charge in [-0.1, -0.05) is 133 Å². The highest BCUT2D eigenvalue weighted by molar-refractivity contribution is 6.29. The molecule has 1 aliphatic rings. The molecule has 2 amide bonds. The molecule has 0 saturated carbocycles. The van der Waals surface area contributed by atoms with Crippen LogP contribution < -0.4 is 15.5 Å². The van der Waals surface area contributed by atoms with Gasteiger partial charge >= 0.3 is 6.03 Å². The molecular formula is C46H43N5O3. The molecule has 0 aliphatic carbocycles. The first-order valence-electron chi connectivity index (χ1n) is 18.1. The molecule has 6 aromatic rings. The maximum atomic E-state index is 13.5. The molecule has 1 fully saturated rings. The molecule has 2 heterocycles. The topological polar surface area (TPSA) is 94.6 Å². The van der Waals surface area contributed by atoms with Crippen molar-refractivity contribution in [2.24, 2.45) is 0 Å². The predicted molar refractivity (Wildman–Crippen MR) is 213 cm³/mol. The van der Waals surface area contributed by atoms with E-state index in [1.165, 1.54) is 0 Å². The Morgan fingerprint density at radius 2 is 1.26 bits per heavy atom. The zero-order chi connectivity index (χ0) is 37.5. The van der Waals surface area contributed by atoms with Gasteiger partial charge in [0.25, 0.3) is 0 Å². The zero-order valence-corrected chi connectivity index (χ0v) is 30.4. The first-order valence-corrected chi connectivity index (χ1v) is 18.1. The van der Waals surface area contributed by atoms with Crippen LogP contribution in [0.4, 0.5) is 16.2 Å². The Morgan fingerprint density at radius 1 is 0.741 bits per heavy atom. The summed E-state index contributed by atoms with van der Waals surface area (Å²) in [6.45, 7) is 5.13. The van der Waals surface area contributed by atoms with Gasteiger partial charge in [-0.05, 0) is 65.4 Å². The number of amides is 2. The lowest BCUT2D eigenvalue weighted by Crippen LogP contribution is -2.51. The second kappa shape index (κ2) is 15.7. The van der Waals surface area contributed by atoms with Gasteiger partial charge in [-0.15, -0.1) is 0 Å². The number of aldehydes is 1. The Bertz CT molecular complexity index is 2100. The molecule has 1 unspecified atom stereocenters. The molecule has 8 nitrogen and oxygen atoms in total. The number of pyridine rings is 1. The Balaban J connectivity index is 1.21. The molecule has 1 saturated heterocycles. The standard InChI is InChI=1S/C46H43N5O3/c1-45(2)43(42(53)32-52)51(33-50(45)31-35-27-28-47-30-41(35)49-44(54)48-29-34-15-7-3-8-16-34)40-25-23-39(24-26-40)46(36-17-9-4-10-18-36,37-19-11-5-12-20-37)38-21-13-6-14-22-38/h3-28,30,32,43H,29,31,33H2,1-2H3,(H2,48,49,54). The monoisotopic (exact) mass is 713 g/mol. The summed E-state index contributed by atoms with van der Waals surface area (Å²) in [5.74, 6) is -0.493. The van der Waals surface area contributed by atoms with Crippen LogP contribution in [-0.2, 0) is 28.1 Å². The highest BCUT2D eigenvalue weighted by atomic mass is 16.2. The van der Waals surface area contributed by atoms with Gasteiger partial charge in [0.1, 0.15) is 6.04 Å². The highest BCUT2D eigenvalue weighted by Crippen LogP contribution is 2.46. The molecule has 5 aromatic carbocycles. The van der Waals surface area contributed by atoms with E-state index in [9.17, 15) is 14.4 Å². The van der Waals surface area contributed by atoms with Crippen molar-refractivity contribution >= 4 is 29.5 Å². The van der Waals surface area contributed by atoms with E-state index in [4.69, 9.17) is 0 Å². The molecule has 54 heavy (non-hydrogen) atoms. The van der Waals surface area contributed by atoms with E-state index in [1.54, 1.807) is 12.4 Å². The van der Waals surface area contributed by atoms with Crippen LogP contribution in [-0.4, -0.2) is 46.2 Å². The van der Waals surface area contributed by atoms with Crippen LogP contribution in [0.5, 0.6) is 0 Å². The van der Waals surface area contributed by atoms with Gasteiger partial charge < -0.3 is 15.5 Å². The average Bonchev–Trinajstić information content (AvgIpc) is 3.48. The van der Waals surface area contributed by atoms with Gasteiger partial charge in [0.2, 0.25) is 5.78 Å². The van der Waals surface area contributed by atoms with Crippen molar-refractivity contribution in [1.82, 2.24) is 15.2 Å². The third kappa shape index (κ3) is 7.04. The van der Waals surface area contributed by atoms with E-state index in [0.29, 0.717) is 31.7 Å². The Kier molecular flexibility index (Phi) is 10.5. The Labute approximate surface area is 316 Å². The molecular weight excluding hydrogens is 671 g/mol. The van der Waals surface area contributed by atoms with E-state index < -0.39 is 22.8 Å². The second-order valence-corrected chi connectivity index (χ2v) is 14.1. The summed E-state index contributed by atoms with van der Waals surface area (Å²) in [6.07, 6.45) is 3.75. The number of aromatic nitrogens is 1. The number of carbonyl (C=O) groups excluding carboxylic acids is 3. The quantitative estimate of drug-likeness (QED) is 0.0759. The first-order chi connectivity index (χ1) is 26.3. The predicted octanol–water partition coefficient (Wildman–Crippen LogP) is 7.98. The van der Waals surface area contributed by atoms with Crippen LogP contribution in [0.2, 0.25) is 0 Å². The number of hydrogen-bond acceptors (Lipinski definition) is 6. The Hall–Kier alpha value is -6.38. The largest absolute Gasteiger partial charge is 0.346 e. The van der Waals surface area contributed by atoms with Gasteiger partial charge in [-0.3, -0.25) is 19.5 Å². The normalized spacial score (nSPS) is 15.4. The summed E-state index contributed by atoms with van der Waals surface area (Å²) in [6, 6.07) is 50.4. The first kappa shape index (κ1) is 36.0. The fourth-order valence-corrected chi connectivity index (χ4v) is 7.84. The van der Waals surface area contributed by atoms with Gasteiger partial charge in [0.05, 0.1) is 24.0 Å². The molecule has 8 heteroatoms. The maximum absolute atomic E-state index is 13.5. The molecule has 0 spiro atoms. The number of nitrogens with one attached hydrogen (secondary N) is 2. The van der Waals surface area contributed by atoms with Crippen molar-refractivity contribution in [2.75, 3.05) is 16.9 Å². The molecule has 270 valence electrons. The zero-order valence-electron chi connectivity index (χ0n) is 30.4. The van der Waals surface area contributed by atoms with E-state index in [2.05, 4.69) is 118 Å². The Morgan fingerprint density at radius 3 is 1.80 bits per heavy atom. The lowest BCUT2D eigenvalue weighted by Gasteiger charge is -2.37. The number of rotatable bonds is 12. The van der Waals surface area contributed by atoms with Gasteiger partial charge in [0, 0.05) is 30.5 Å². The van der Waals surface area contributed by atoms with Crippen molar-refractivity contribution in [3.63, 3.8) is 0 Å². The minimum atomic E-state index is -0.741. The third-order valence-corrected chi connectivity index (χ3v) is 10.6. The maximum Gasteiger partial charge on any atom is 0.319 e. The molecule has 2 N–H and O–H groups in total. The van der Waals surface area contributed by atoms with Crippen LogP contribution >= 0.6 is 0 Å². The lowest BCUT2D eigenvalue weighted by molar-refractivity contribution is -0.131. The van der Waals surface area contributed by atoms with Crippen molar-refractivity contribution < 1.29 is 14.4 Å². The summed E-state index contributed by atoms with van der Waals surface area (Å²) in [4.78, 5) is 47.0. The summed E-state index contributed by atoms with van der Waals surface area (Å²) < 4.78 is 0. The lowest BCUT2D eigenvalue weighted by atomic mass is 9.65. The second-order valence-electron chi connectivity index (χ2n) is 14.1. The van der Waals surface area contributed by atoms with E-state index in [1.807, 2.05) is 73.3 Å². The number of hydrogen-bond donors (Lipinski definition) is 2. The van der Waals surface area contributed by atoms with Crippen LogP contribution in [0, 0.1) is 0 Å². The van der Waals surface area contributed by atoms with Gasteiger partial charge in [0.15, 0.2) is 6.29 Å². The number of ketones is 1. The van der Waals surface area contributed by atoms with Crippen molar-refractivity contribution in [3.8, 4) is 0 Å². The number of urea groups is 1. The van der Waals surface area contributed by atoms with Crippen molar-refractivity contribution in [3.05, 3.63) is 197 Å². The molecule has 1 aliphatic heterocycles. The van der Waals surface area contributed by atoms with Gasteiger partial charge in [-0.25, -0.2) is 4.79 Å². The van der Waals surface area contributed by atoms with Crippen LogP contribution in [0.15, 0.2) is 164 Å². The molecule has 1 atom stereocenters. The van der Waals surface area contributed by atoms with Crippen LogP contribution in [0.25, 0.3) is 0 Å². The van der Waals surface area contributed by atoms with E-state index in [0.717, 1.165) is 39.1 Å². The van der Waals surface area contributed by atoms with Gasteiger partial charge in [-0.2, -0.15) is 0 Å².